The van der Waals surface area contributed by atoms with Crippen LogP contribution in [-0.4, -0.2) is 25.6 Å². The van der Waals surface area contributed by atoms with Crippen molar-refractivity contribution in [1.29, 1.82) is 0 Å². The average Bonchev–Trinajstić information content (AvgIpc) is 3.53. The second-order valence-corrected chi connectivity index (χ2v) is 8.46. The molecule has 0 atom stereocenters. The molecular formula is C25H20BrN5O3. The van der Waals surface area contributed by atoms with E-state index >= 15 is 0 Å². The van der Waals surface area contributed by atoms with Gasteiger partial charge in [-0.2, -0.15) is 9.61 Å². The Morgan fingerprint density at radius 1 is 1.03 bits per heavy atom. The van der Waals surface area contributed by atoms with Crippen molar-refractivity contribution in [3.63, 3.8) is 0 Å². The molecule has 0 bridgehead atoms. The van der Waals surface area contributed by atoms with Crippen LogP contribution in [-0.2, 0) is 13.1 Å². The van der Waals surface area contributed by atoms with Crippen LogP contribution >= 0.6 is 15.9 Å². The van der Waals surface area contributed by atoms with Gasteiger partial charge in [-0.05, 0) is 51.3 Å². The minimum Gasteiger partial charge on any atom is -0.507 e. The van der Waals surface area contributed by atoms with E-state index in [9.17, 15) is 9.90 Å². The third-order valence-corrected chi connectivity index (χ3v) is 5.86. The third kappa shape index (κ3) is 4.51. The first-order valence-electron chi connectivity index (χ1n) is 10.5. The number of nitrogens with zero attached hydrogens (tertiary/aromatic N) is 3. The van der Waals surface area contributed by atoms with Crippen molar-refractivity contribution < 1.29 is 14.3 Å². The predicted octanol–water partition coefficient (Wildman–Crippen LogP) is 5.00. The number of hydrogen-bond donors (Lipinski definition) is 3. The van der Waals surface area contributed by atoms with Gasteiger partial charge in [-0.1, -0.05) is 36.4 Å². The van der Waals surface area contributed by atoms with Gasteiger partial charge in [-0.25, -0.2) is 4.98 Å². The average molecular weight is 518 g/mol. The van der Waals surface area contributed by atoms with E-state index in [1.807, 2.05) is 42.5 Å². The number of hydrogen-bond acceptors (Lipinski definition) is 6. The molecule has 0 aliphatic rings. The molecule has 0 aliphatic heterocycles. The number of amides is 1. The molecule has 170 valence electrons. The molecule has 34 heavy (non-hydrogen) atoms. The van der Waals surface area contributed by atoms with E-state index in [-0.39, 0.29) is 17.4 Å². The van der Waals surface area contributed by atoms with E-state index in [0.29, 0.717) is 30.0 Å². The smallest absolute Gasteiger partial charge is 0.287 e. The summed E-state index contributed by atoms with van der Waals surface area (Å²) in [7, 11) is 0. The number of carbonyl (C=O) groups is 1. The Labute approximate surface area is 203 Å². The number of rotatable bonds is 7. The SMILES string of the molecule is O=C(NCc1ccc(CNc2cc(-c3ccccc3O)nc3c(Br)cnn23)cc1)c1ccco1. The van der Waals surface area contributed by atoms with Crippen molar-refractivity contribution in [2.75, 3.05) is 5.32 Å². The minimum absolute atomic E-state index is 0.163. The van der Waals surface area contributed by atoms with E-state index in [0.717, 1.165) is 21.4 Å². The van der Waals surface area contributed by atoms with Gasteiger partial charge in [0, 0.05) is 24.7 Å². The number of halogens is 1. The number of fused-ring (bicyclic) bond motifs is 1. The van der Waals surface area contributed by atoms with Crippen molar-refractivity contribution in [3.05, 3.63) is 101 Å². The van der Waals surface area contributed by atoms with E-state index < -0.39 is 0 Å². The lowest BCUT2D eigenvalue weighted by Crippen LogP contribution is -2.22. The van der Waals surface area contributed by atoms with Gasteiger partial charge in [0.2, 0.25) is 0 Å². The van der Waals surface area contributed by atoms with Crippen LogP contribution in [0.25, 0.3) is 16.9 Å². The molecule has 0 fully saturated rings. The number of aromatic nitrogens is 3. The predicted molar refractivity (Wildman–Crippen MR) is 131 cm³/mol. The molecule has 2 aromatic carbocycles. The Bertz CT molecular complexity index is 1450. The molecule has 0 unspecified atom stereocenters. The lowest BCUT2D eigenvalue weighted by atomic mass is 10.1. The van der Waals surface area contributed by atoms with Crippen molar-refractivity contribution in [2.45, 2.75) is 13.1 Å². The van der Waals surface area contributed by atoms with Gasteiger partial charge in [-0.15, -0.1) is 0 Å². The van der Waals surface area contributed by atoms with Crippen LogP contribution in [0.2, 0.25) is 0 Å². The van der Waals surface area contributed by atoms with Crippen LogP contribution in [0.4, 0.5) is 5.82 Å². The summed E-state index contributed by atoms with van der Waals surface area (Å²) in [4.78, 5) is 16.7. The van der Waals surface area contributed by atoms with Gasteiger partial charge in [0.25, 0.3) is 5.91 Å². The molecule has 3 N–H and O–H groups in total. The van der Waals surface area contributed by atoms with Crippen LogP contribution in [0, 0.1) is 0 Å². The number of carbonyl (C=O) groups excluding carboxylic acids is 1. The maximum atomic E-state index is 12.0. The molecule has 8 nitrogen and oxygen atoms in total. The third-order valence-electron chi connectivity index (χ3n) is 5.30. The fourth-order valence-corrected chi connectivity index (χ4v) is 3.88. The number of para-hydroxylation sites is 1. The second-order valence-electron chi connectivity index (χ2n) is 7.60. The molecule has 0 radical (unpaired) electrons. The standard InChI is InChI=1S/C25H20BrN5O3/c26-19-15-29-31-23(12-20(30-24(19)31)18-4-1-2-5-21(18)32)27-13-16-7-9-17(10-8-16)14-28-25(33)22-6-3-11-34-22/h1-12,15,27,32H,13-14H2,(H,28,33). The monoisotopic (exact) mass is 517 g/mol. The van der Waals surface area contributed by atoms with Crippen molar-refractivity contribution in [3.8, 4) is 17.0 Å². The molecule has 5 aromatic rings. The van der Waals surface area contributed by atoms with Gasteiger partial charge >= 0.3 is 0 Å². The van der Waals surface area contributed by atoms with Crippen molar-refractivity contribution in [1.82, 2.24) is 19.9 Å². The second kappa shape index (κ2) is 9.40. The molecule has 1 amide bonds. The molecule has 3 heterocycles. The number of benzene rings is 2. The Kier molecular flexibility index (Phi) is 6.01. The van der Waals surface area contributed by atoms with Crippen LogP contribution in [0.15, 0.2) is 88.1 Å². The molecule has 0 saturated heterocycles. The molecule has 9 heteroatoms. The quantitative estimate of drug-likeness (QED) is 0.280. The molecular weight excluding hydrogens is 498 g/mol. The molecule has 0 spiro atoms. The van der Waals surface area contributed by atoms with Crippen LogP contribution in [0.5, 0.6) is 5.75 Å². The maximum absolute atomic E-state index is 12.0. The van der Waals surface area contributed by atoms with Gasteiger partial charge < -0.3 is 20.2 Å². The fourth-order valence-electron chi connectivity index (χ4n) is 3.54. The topological polar surface area (TPSA) is 105 Å². The summed E-state index contributed by atoms with van der Waals surface area (Å²) in [5, 5.41) is 20.9. The Hall–Kier alpha value is -4.11. The van der Waals surface area contributed by atoms with Gasteiger partial charge in [0.1, 0.15) is 11.6 Å². The number of furan rings is 1. The lowest BCUT2D eigenvalue weighted by molar-refractivity contribution is 0.0923. The number of nitrogens with one attached hydrogen (secondary N) is 2. The molecule has 3 aromatic heterocycles. The number of aromatic hydroxyl groups is 1. The van der Waals surface area contributed by atoms with Crippen molar-refractivity contribution in [2.24, 2.45) is 0 Å². The Morgan fingerprint density at radius 2 is 1.79 bits per heavy atom. The highest BCUT2D eigenvalue weighted by Crippen LogP contribution is 2.31. The van der Waals surface area contributed by atoms with E-state index in [1.54, 1.807) is 35.0 Å². The summed E-state index contributed by atoms with van der Waals surface area (Å²) < 4.78 is 7.58. The fraction of sp³-hybridized carbons (Fsp3) is 0.0800. The maximum Gasteiger partial charge on any atom is 0.287 e. The minimum atomic E-state index is -0.247. The Morgan fingerprint density at radius 3 is 2.53 bits per heavy atom. The normalized spacial score (nSPS) is 11.0. The zero-order valence-electron chi connectivity index (χ0n) is 17.9. The van der Waals surface area contributed by atoms with Gasteiger partial charge in [0.15, 0.2) is 11.4 Å². The summed E-state index contributed by atoms with van der Waals surface area (Å²) in [5.41, 5.74) is 3.96. The van der Waals surface area contributed by atoms with E-state index in [2.05, 4.69) is 36.6 Å². The number of phenols is 1. The summed E-state index contributed by atoms with van der Waals surface area (Å²) in [6.45, 7) is 0.958. The highest BCUT2D eigenvalue weighted by molar-refractivity contribution is 9.10. The van der Waals surface area contributed by atoms with Gasteiger partial charge in [-0.3, -0.25) is 4.79 Å². The zero-order chi connectivity index (χ0) is 23.5. The van der Waals surface area contributed by atoms with E-state index in [4.69, 9.17) is 4.42 Å². The van der Waals surface area contributed by atoms with Crippen LogP contribution in [0.1, 0.15) is 21.7 Å². The number of anilines is 1. The highest BCUT2D eigenvalue weighted by atomic mass is 79.9. The Balaban J connectivity index is 1.31. The summed E-state index contributed by atoms with van der Waals surface area (Å²) >= 11 is 3.50. The first-order valence-corrected chi connectivity index (χ1v) is 11.3. The highest BCUT2D eigenvalue weighted by Gasteiger charge is 2.13. The van der Waals surface area contributed by atoms with Crippen LogP contribution in [0.3, 0.4) is 0 Å². The summed E-state index contributed by atoms with van der Waals surface area (Å²) in [5.74, 6) is 0.945. The summed E-state index contributed by atoms with van der Waals surface area (Å²) in [6.07, 6.45) is 3.16. The van der Waals surface area contributed by atoms with Crippen LogP contribution < -0.4 is 10.6 Å². The first kappa shape index (κ1) is 21.7. The lowest BCUT2D eigenvalue weighted by Gasteiger charge is -2.12. The van der Waals surface area contributed by atoms with E-state index in [1.165, 1.54) is 6.26 Å². The largest absolute Gasteiger partial charge is 0.507 e. The summed E-state index contributed by atoms with van der Waals surface area (Å²) in [6, 6.07) is 20.2. The van der Waals surface area contributed by atoms with Gasteiger partial charge in [0.05, 0.1) is 22.6 Å². The zero-order valence-corrected chi connectivity index (χ0v) is 19.5. The number of phenolic OH excluding ortho intramolecular Hbond substituents is 1. The molecule has 0 aliphatic carbocycles. The molecule has 5 rings (SSSR count). The molecule has 0 saturated carbocycles. The first-order chi connectivity index (χ1) is 16.6. The van der Waals surface area contributed by atoms with Crippen molar-refractivity contribution >= 4 is 33.3 Å².